The van der Waals surface area contributed by atoms with E-state index in [9.17, 15) is 24.5 Å². The van der Waals surface area contributed by atoms with Crippen molar-refractivity contribution < 1.29 is 28.8 Å². The third kappa shape index (κ3) is 7.26. The lowest BCUT2D eigenvalue weighted by Gasteiger charge is -2.11. The number of halogens is 2. The standard InChI is InChI=1S/C24H18Cl2N4O7/c1-13(28-29-23(32)22(31)27-18-11-16(25)10-17(26)12-18)15-5-8-20(21(9-15)36-2)37-24(33)14-3-6-19(7-4-14)30(34)35/h3-12H,1-2H3,(H,27,31)(H,29,32)/b28-13+. The number of amides is 2. The van der Waals surface area contributed by atoms with Crippen LogP contribution in [-0.2, 0) is 9.59 Å². The molecule has 0 spiro atoms. The largest absolute Gasteiger partial charge is 0.493 e. The van der Waals surface area contributed by atoms with Gasteiger partial charge in [-0.1, -0.05) is 23.2 Å². The molecule has 3 aromatic carbocycles. The second-order valence-corrected chi connectivity index (χ2v) is 8.18. The zero-order chi connectivity index (χ0) is 27.1. The number of hydrazone groups is 1. The number of ether oxygens (including phenoxy) is 2. The number of nitro benzene ring substituents is 1. The van der Waals surface area contributed by atoms with Crippen LogP contribution in [0.25, 0.3) is 0 Å². The summed E-state index contributed by atoms with van der Waals surface area (Å²) in [5.41, 5.74) is 3.14. The number of esters is 1. The first-order chi connectivity index (χ1) is 17.6. The van der Waals surface area contributed by atoms with Crippen LogP contribution in [0.4, 0.5) is 11.4 Å². The van der Waals surface area contributed by atoms with Gasteiger partial charge >= 0.3 is 17.8 Å². The number of hydrogen-bond donors (Lipinski definition) is 2. The van der Waals surface area contributed by atoms with Crippen molar-refractivity contribution >= 4 is 58.1 Å². The van der Waals surface area contributed by atoms with Crippen LogP contribution < -0.4 is 20.2 Å². The van der Waals surface area contributed by atoms with Gasteiger partial charge in [-0.25, -0.2) is 10.2 Å². The molecule has 0 aliphatic rings. The van der Waals surface area contributed by atoms with Crippen molar-refractivity contribution in [3.63, 3.8) is 0 Å². The number of benzene rings is 3. The van der Waals surface area contributed by atoms with Gasteiger partial charge in [0, 0.05) is 33.4 Å². The maximum Gasteiger partial charge on any atom is 0.343 e. The fourth-order valence-electron chi connectivity index (χ4n) is 2.92. The zero-order valence-electron chi connectivity index (χ0n) is 19.3. The van der Waals surface area contributed by atoms with Gasteiger partial charge in [-0.15, -0.1) is 0 Å². The highest BCUT2D eigenvalue weighted by atomic mass is 35.5. The predicted molar refractivity (Wildman–Crippen MR) is 136 cm³/mol. The lowest BCUT2D eigenvalue weighted by atomic mass is 10.1. The third-order valence-electron chi connectivity index (χ3n) is 4.75. The number of nitrogens with zero attached hydrogens (tertiary/aromatic N) is 2. The van der Waals surface area contributed by atoms with E-state index >= 15 is 0 Å². The van der Waals surface area contributed by atoms with Gasteiger partial charge in [0.25, 0.3) is 5.69 Å². The first kappa shape index (κ1) is 27.1. The molecule has 0 aromatic heterocycles. The second kappa shape index (κ2) is 12.0. The molecular formula is C24H18Cl2N4O7. The molecule has 0 aliphatic carbocycles. The van der Waals surface area contributed by atoms with E-state index in [1.54, 1.807) is 13.0 Å². The van der Waals surface area contributed by atoms with E-state index in [0.717, 1.165) is 0 Å². The summed E-state index contributed by atoms with van der Waals surface area (Å²) in [5, 5.41) is 17.6. The number of methoxy groups -OCH3 is 1. The predicted octanol–water partition coefficient (Wildman–Crippen LogP) is 4.61. The normalized spacial score (nSPS) is 10.9. The molecule has 3 aromatic rings. The molecule has 2 N–H and O–H groups in total. The lowest BCUT2D eigenvalue weighted by molar-refractivity contribution is -0.384. The first-order valence-corrected chi connectivity index (χ1v) is 11.1. The summed E-state index contributed by atoms with van der Waals surface area (Å²) in [7, 11) is 1.36. The Morgan fingerprint density at radius 2 is 1.51 bits per heavy atom. The summed E-state index contributed by atoms with van der Waals surface area (Å²) in [6, 6.07) is 13.8. The summed E-state index contributed by atoms with van der Waals surface area (Å²) < 4.78 is 10.6. The Bertz CT molecular complexity index is 1390. The number of non-ortho nitro benzene ring substituents is 1. The van der Waals surface area contributed by atoms with Crippen LogP contribution in [-0.4, -0.2) is 35.5 Å². The molecule has 0 aliphatic heterocycles. The smallest absolute Gasteiger partial charge is 0.343 e. The van der Waals surface area contributed by atoms with Crippen molar-refractivity contribution in [3.05, 3.63) is 92.0 Å². The van der Waals surface area contributed by atoms with Crippen molar-refractivity contribution in [2.24, 2.45) is 5.10 Å². The summed E-state index contributed by atoms with van der Waals surface area (Å²) in [6.45, 7) is 1.58. The number of hydrogen-bond acceptors (Lipinski definition) is 8. The molecule has 0 atom stereocenters. The van der Waals surface area contributed by atoms with Gasteiger partial charge in [0.2, 0.25) is 0 Å². The molecule has 11 nitrogen and oxygen atoms in total. The number of anilines is 1. The van der Waals surface area contributed by atoms with Crippen LogP contribution in [0, 0.1) is 10.1 Å². The minimum Gasteiger partial charge on any atom is -0.493 e. The minimum absolute atomic E-state index is 0.0889. The molecule has 0 radical (unpaired) electrons. The summed E-state index contributed by atoms with van der Waals surface area (Å²) in [6.07, 6.45) is 0. The molecule has 0 saturated heterocycles. The van der Waals surface area contributed by atoms with Gasteiger partial charge in [-0.3, -0.25) is 19.7 Å². The molecule has 0 saturated carbocycles. The maximum atomic E-state index is 12.4. The molecule has 0 heterocycles. The van der Waals surface area contributed by atoms with Crippen molar-refractivity contribution in [2.75, 3.05) is 12.4 Å². The van der Waals surface area contributed by atoms with E-state index in [1.807, 2.05) is 0 Å². The molecule has 2 amide bonds. The molecule has 0 unspecified atom stereocenters. The highest BCUT2D eigenvalue weighted by Gasteiger charge is 2.17. The van der Waals surface area contributed by atoms with Crippen molar-refractivity contribution in [1.29, 1.82) is 0 Å². The van der Waals surface area contributed by atoms with Crippen molar-refractivity contribution in [1.82, 2.24) is 5.43 Å². The number of nitrogens with one attached hydrogen (secondary N) is 2. The van der Waals surface area contributed by atoms with Crippen LogP contribution >= 0.6 is 23.2 Å². The van der Waals surface area contributed by atoms with Crippen LogP contribution in [0.1, 0.15) is 22.8 Å². The molecule has 190 valence electrons. The SMILES string of the molecule is COc1cc(/C(C)=N/NC(=O)C(=O)Nc2cc(Cl)cc(Cl)c2)ccc1OC(=O)c1ccc([N+](=O)[O-])cc1. The fraction of sp³-hybridized carbons (Fsp3) is 0.0833. The second-order valence-electron chi connectivity index (χ2n) is 7.31. The molecule has 13 heteroatoms. The van der Waals surface area contributed by atoms with Gasteiger partial charge in [-0.2, -0.15) is 5.10 Å². The minimum atomic E-state index is -1.03. The van der Waals surface area contributed by atoms with Gasteiger partial charge < -0.3 is 14.8 Å². The molecule has 0 fully saturated rings. The Morgan fingerprint density at radius 1 is 0.892 bits per heavy atom. The zero-order valence-corrected chi connectivity index (χ0v) is 20.8. The third-order valence-corrected chi connectivity index (χ3v) is 5.19. The van der Waals surface area contributed by atoms with Crippen LogP contribution in [0.3, 0.4) is 0 Å². The molecule has 3 rings (SSSR count). The lowest BCUT2D eigenvalue weighted by Crippen LogP contribution is -2.32. The Hall–Kier alpha value is -4.48. The molecular weight excluding hydrogens is 527 g/mol. The Labute approximate surface area is 220 Å². The van der Waals surface area contributed by atoms with Gasteiger partial charge in [0.15, 0.2) is 11.5 Å². The van der Waals surface area contributed by atoms with E-state index < -0.39 is 22.7 Å². The van der Waals surface area contributed by atoms with Crippen LogP contribution in [0.2, 0.25) is 10.0 Å². The van der Waals surface area contributed by atoms with Gasteiger partial charge in [-0.05, 0) is 55.5 Å². The Balaban J connectivity index is 1.66. The monoisotopic (exact) mass is 544 g/mol. The average Bonchev–Trinajstić information content (AvgIpc) is 2.86. The average molecular weight is 545 g/mol. The molecule has 0 bridgehead atoms. The quantitative estimate of drug-likeness (QED) is 0.110. The Kier molecular flexibility index (Phi) is 8.77. The van der Waals surface area contributed by atoms with Crippen molar-refractivity contribution in [2.45, 2.75) is 6.92 Å². The van der Waals surface area contributed by atoms with E-state index in [0.29, 0.717) is 11.3 Å². The Morgan fingerprint density at radius 3 is 2.11 bits per heavy atom. The topological polar surface area (TPSA) is 149 Å². The summed E-state index contributed by atoms with van der Waals surface area (Å²) >= 11 is 11.8. The summed E-state index contributed by atoms with van der Waals surface area (Å²) in [5.74, 6) is -2.49. The highest BCUT2D eigenvalue weighted by Crippen LogP contribution is 2.29. The van der Waals surface area contributed by atoms with Crippen LogP contribution in [0.5, 0.6) is 11.5 Å². The van der Waals surface area contributed by atoms with E-state index in [1.165, 1.54) is 61.7 Å². The van der Waals surface area contributed by atoms with Gasteiger partial charge in [0.1, 0.15) is 0 Å². The number of carbonyl (C=O) groups excluding carboxylic acids is 3. The number of nitro groups is 1. The van der Waals surface area contributed by atoms with E-state index in [2.05, 4.69) is 15.8 Å². The fourth-order valence-corrected chi connectivity index (χ4v) is 3.44. The molecule has 37 heavy (non-hydrogen) atoms. The van der Waals surface area contributed by atoms with Gasteiger partial charge in [0.05, 0.1) is 23.3 Å². The highest BCUT2D eigenvalue weighted by molar-refractivity contribution is 6.40. The summed E-state index contributed by atoms with van der Waals surface area (Å²) in [4.78, 5) is 46.9. The first-order valence-electron chi connectivity index (χ1n) is 10.3. The number of carbonyl (C=O) groups is 3. The van der Waals surface area contributed by atoms with E-state index in [-0.39, 0.29) is 38.5 Å². The number of rotatable bonds is 7. The maximum absolute atomic E-state index is 12.4. The van der Waals surface area contributed by atoms with Crippen LogP contribution in [0.15, 0.2) is 65.8 Å². The van der Waals surface area contributed by atoms with E-state index in [4.69, 9.17) is 32.7 Å². The van der Waals surface area contributed by atoms with Crippen molar-refractivity contribution in [3.8, 4) is 11.5 Å².